The van der Waals surface area contributed by atoms with Crippen molar-refractivity contribution in [3.63, 3.8) is 0 Å². The van der Waals surface area contributed by atoms with Gasteiger partial charge in [-0.25, -0.2) is 9.50 Å². The molecule has 0 aliphatic rings. The number of hydrogen-bond donors (Lipinski definition) is 0. The van der Waals surface area contributed by atoms with E-state index in [0.717, 1.165) is 28.0 Å². The zero-order valence-corrected chi connectivity index (χ0v) is 13.1. The van der Waals surface area contributed by atoms with Gasteiger partial charge in [-0.3, -0.25) is 0 Å². The number of rotatable bonds is 2. The molecule has 0 spiro atoms. The Balaban J connectivity index is 2.04. The van der Waals surface area contributed by atoms with Gasteiger partial charge in [0, 0.05) is 11.1 Å². The minimum atomic E-state index is 0.510. The number of benzene rings is 2. The molecule has 0 saturated carbocycles. The van der Waals surface area contributed by atoms with Gasteiger partial charge >= 0.3 is 0 Å². The molecule has 0 amide bonds. The summed E-state index contributed by atoms with van der Waals surface area (Å²) in [5, 5.41) is 14.0. The average Bonchev–Trinajstić information content (AvgIpc) is 2.96. The molecule has 4 heteroatoms. The van der Waals surface area contributed by atoms with E-state index in [9.17, 15) is 5.26 Å². The summed E-state index contributed by atoms with van der Waals surface area (Å²) >= 11 is 0. The molecule has 0 radical (unpaired) electrons. The Morgan fingerprint density at radius 1 is 0.917 bits per heavy atom. The van der Waals surface area contributed by atoms with Crippen molar-refractivity contribution in [2.75, 3.05) is 0 Å². The van der Waals surface area contributed by atoms with Crippen LogP contribution in [0.15, 0.2) is 66.9 Å². The van der Waals surface area contributed by atoms with E-state index in [1.54, 1.807) is 10.7 Å². The van der Waals surface area contributed by atoms with Crippen molar-refractivity contribution in [3.05, 3.63) is 78.1 Å². The summed E-state index contributed by atoms with van der Waals surface area (Å²) in [7, 11) is 0. The SMILES string of the molecule is Cc1nn2cc(C#N)c(-c3ccccc3)nc2c1-c1ccccc1. The first-order valence-corrected chi connectivity index (χ1v) is 7.69. The molecule has 0 saturated heterocycles. The normalized spacial score (nSPS) is 10.7. The monoisotopic (exact) mass is 310 g/mol. The molecule has 24 heavy (non-hydrogen) atoms. The van der Waals surface area contributed by atoms with Crippen molar-refractivity contribution < 1.29 is 0 Å². The number of aromatic nitrogens is 3. The number of aryl methyl sites for hydroxylation is 1. The highest BCUT2D eigenvalue weighted by atomic mass is 15.3. The third-order valence-electron chi connectivity index (χ3n) is 4.01. The van der Waals surface area contributed by atoms with Gasteiger partial charge < -0.3 is 0 Å². The molecule has 0 aliphatic heterocycles. The van der Waals surface area contributed by atoms with Crippen LogP contribution in [0.5, 0.6) is 0 Å². The Hall–Kier alpha value is -3.45. The van der Waals surface area contributed by atoms with E-state index in [4.69, 9.17) is 4.98 Å². The minimum absolute atomic E-state index is 0.510. The zero-order valence-electron chi connectivity index (χ0n) is 13.1. The van der Waals surface area contributed by atoms with Crippen molar-refractivity contribution in [2.45, 2.75) is 6.92 Å². The van der Waals surface area contributed by atoms with Crippen molar-refractivity contribution in [3.8, 4) is 28.5 Å². The molecule has 2 heterocycles. The zero-order chi connectivity index (χ0) is 16.5. The third kappa shape index (κ3) is 2.24. The average molecular weight is 310 g/mol. The van der Waals surface area contributed by atoms with Gasteiger partial charge in [-0.2, -0.15) is 10.4 Å². The maximum atomic E-state index is 9.50. The summed E-state index contributed by atoms with van der Waals surface area (Å²) in [6, 6.07) is 22.1. The van der Waals surface area contributed by atoms with Crippen LogP contribution in [0.4, 0.5) is 0 Å². The lowest BCUT2D eigenvalue weighted by atomic mass is 10.1. The molecule has 2 aromatic heterocycles. The fourth-order valence-electron chi connectivity index (χ4n) is 2.92. The van der Waals surface area contributed by atoms with Crippen LogP contribution in [0.1, 0.15) is 11.3 Å². The van der Waals surface area contributed by atoms with Crippen LogP contribution in [0.3, 0.4) is 0 Å². The van der Waals surface area contributed by atoms with E-state index >= 15 is 0 Å². The van der Waals surface area contributed by atoms with Gasteiger partial charge in [0.2, 0.25) is 0 Å². The maximum absolute atomic E-state index is 9.50. The van der Waals surface area contributed by atoms with Crippen LogP contribution in [0.25, 0.3) is 28.0 Å². The number of nitriles is 1. The first-order valence-electron chi connectivity index (χ1n) is 7.69. The molecule has 0 unspecified atom stereocenters. The minimum Gasteiger partial charge on any atom is -0.226 e. The second-order valence-corrected chi connectivity index (χ2v) is 5.58. The highest BCUT2D eigenvalue weighted by Gasteiger charge is 2.16. The topological polar surface area (TPSA) is 54.0 Å². The van der Waals surface area contributed by atoms with Crippen LogP contribution in [-0.4, -0.2) is 14.6 Å². The highest BCUT2D eigenvalue weighted by Crippen LogP contribution is 2.30. The van der Waals surface area contributed by atoms with Crippen LogP contribution < -0.4 is 0 Å². The predicted molar refractivity (Wildman–Crippen MR) is 93.3 cm³/mol. The van der Waals surface area contributed by atoms with E-state index in [1.165, 1.54) is 0 Å². The van der Waals surface area contributed by atoms with Crippen LogP contribution in [-0.2, 0) is 0 Å². The Morgan fingerprint density at radius 3 is 2.17 bits per heavy atom. The summed E-state index contributed by atoms with van der Waals surface area (Å²) in [6.07, 6.45) is 1.75. The molecule has 0 fully saturated rings. The van der Waals surface area contributed by atoms with E-state index in [-0.39, 0.29) is 0 Å². The summed E-state index contributed by atoms with van der Waals surface area (Å²) in [6.45, 7) is 1.96. The van der Waals surface area contributed by atoms with Crippen molar-refractivity contribution in [2.24, 2.45) is 0 Å². The number of hydrogen-bond acceptors (Lipinski definition) is 3. The molecular weight excluding hydrogens is 296 g/mol. The fourth-order valence-corrected chi connectivity index (χ4v) is 2.92. The molecule has 0 N–H and O–H groups in total. The van der Waals surface area contributed by atoms with Gasteiger partial charge in [-0.1, -0.05) is 60.7 Å². The first-order chi connectivity index (χ1) is 11.8. The van der Waals surface area contributed by atoms with Gasteiger partial charge in [0.1, 0.15) is 6.07 Å². The predicted octanol–water partition coefficient (Wildman–Crippen LogP) is 4.24. The quantitative estimate of drug-likeness (QED) is 0.556. The van der Waals surface area contributed by atoms with Crippen LogP contribution in [0, 0.1) is 18.3 Å². The Bertz CT molecular complexity index is 1060. The van der Waals surface area contributed by atoms with E-state index in [1.807, 2.05) is 67.6 Å². The highest BCUT2D eigenvalue weighted by molar-refractivity contribution is 5.82. The summed E-state index contributed by atoms with van der Waals surface area (Å²) < 4.78 is 1.70. The van der Waals surface area contributed by atoms with Gasteiger partial charge in [0.15, 0.2) is 5.65 Å². The van der Waals surface area contributed by atoms with Crippen LogP contribution in [0.2, 0.25) is 0 Å². The molecule has 0 bridgehead atoms. The molecule has 4 aromatic rings. The maximum Gasteiger partial charge on any atom is 0.163 e. The second kappa shape index (κ2) is 5.64. The lowest BCUT2D eigenvalue weighted by Gasteiger charge is -2.06. The third-order valence-corrected chi connectivity index (χ3v) is 4.01. The van der Waals surface area contributed by atoms with Crippen LogP contribution >= 0.6 is 0 Å². The summed E-state index contributed by atoms with van der Waals surface area (Å²) in [5.74, 6) is 0. The Morgan fingerprint density at radius 2 is 1.54 bits per heavy atom. The molecule has 0 atom stereocenters. The standard InChI is InChI=1S/C20H14N4/c1-14-18(15-8-4-2-5-9-15)20-22-19(16-10-6-3-7-11-16)17(12-21)13-24(20)23-14/h2-11,13H,1H3. The lowest BCUT2D eigenvalue weighted by Crippen LogP contribution is -1.97. The van der Waals surface area contributed by atoms with Gasteiger partial charge in [0.05, 0.1) is 23.1 Å². The van der Waals surface area contributed by atoms with Gasteiger partial charge in [0.25, 0.3) is 0 Å². The first kappa shape index (κ1) is 14.2. The van der Waals surface area contributed by atoms with Crippen molar-refractivity contribution in [1.82, 2.24) is 14.6 Å². The van der Waals surface area contributed by atoms with E-state index in [0.29, 0.717) is 11.3 Å². The molecule has 4 rings (SSSR count). The Kier molecular flexibility index (Phi) is 3.33. The molecular formula is C20H14N4. The van der Waals surface area contributed by atoms with E-state index < -0.39 is 0 Å². The summed E-state index contributed by atoms with van der Waals surface area (Å²) in [4.78, 5) is 4.79. The van der Waals surface area contributed by atoms with Gasteiger partial charge in [-0.05, 0) is 12.5 Å². The summed E-state index contributed by atoms with van der Waals surface area (Å²) in [5.41, 5.74) is 5.84. The number of fused-ring (bicyclic) bond motifs is 1. The smallest absolute Gasteiger partial charge is 0.163 e. The fraction of sp³-hybridized carbons (Fsp3) is 0.0500. The van der Waals surface area contributed by atoms with Gasteiger partial charge in [-0.15, -0.1) is 0 Å². The molecule has 2 aromatic carbocycles. The largest absolute Gasteiger partial charge is 0.226 e. The van der Waals surface area contributed by atoms with Crippen molar-refractivity contribution in [1.29, 1.82) is 5.26 Å². The van der Waals surface area contributed by atoms with Crippen molar-refractivity contribution >= 4 is 5.65 Å². The second-order valence-electron chi connectivity index (χ2n) is 5.58. The molecule has 0 aliphatic carbocycles. The molecule has 4 nitrogen and oxygen atoms in total. The molecule has 114 valence electrons. The lowest BCUT2D eigenvalue weighted by molar-refractivity contribution is 0.914. The van der Waals surface area contributed by atoms with E-state index in [2.05, 4.69) is 11.2 Å². The number of nitrogens with zero attached hydrogens (tertiary/aromatic N) is 4. The Labute approximate surface area is 139 Å².